The molecule has 0 bridgehead atoms. The number of nitro benzene ring substituents is 1. The van der Waals surface area contributed by atoms with Gasteiger partial charge in [-0.15, -0.1) is 5.11 Å². The number of azo groups is 1. The molecule has 0 spiro atoms. The van der Waals surface area contributed by atoms with Gasteiger partial charge in [-0.3, -0.25) is 10.1 Å². The predicted octanol–water partition coefficient (Wildman–Crippen LogP) is 2.25. The molecular formula is C10H9N5O4. The van der Waals surface area contributed by atoms with Gasteiger partial charge in [-0.1, -0.05) is 5.11 Å². The van der Waals surface area contributed by atoms with Crippen molar-refractivity contribution < 1.29 is 14.8 Å². The molecule has 9 nitrogen and oxygen atoms in total. The Morgan fingerprint density at radius 2 is 2.21 bits per heavy atom. The molecule has 2 amide bonds. The number of non-ortho nitro benzene ring substituents is 1. The summed E-state index contributed by atoms with van der Waals surface area (Å²) in [4.78, 5) is 23.4. The fourth-order valence-corrected chi connectivity index (χ4v) is 1.73. The van der Waals surface area contributed by atoms with Crippen molar-refractivity contribution in [3.63, 3.8) is 0 Å². The molecule has 0 aliphatic carbocycles. The standard InChI is InChI=1S/C10H9N5O4/c1-4-2-5(15(18)19)3-6-7(4)12-9(16)8(6)13-14-10(11)17/h2-3,12,16H,1H3,(H2,11,17). The fraction of sp³-hybridized carbons (Fsp3) is 0.100. The molecule has 0 radical (unpaired) electrons. The van der Waals surface area contributed by atoms with Crippen LogP contribution in [0.1, 0.15) is 5.56 Å². The van der Waals surface area contributed by atoms with E-state index in [0.717, 1.165) is 0 Å². The van der Waals surface area contributed by atoms with Gasteiger partial charge in [0.15, 0.2) is 5.69 Å². The van der Waals surface area contributed by atoms with Crippen LogP contribution >= 0.6 is 0 Å². The Morgan fingerprint density at radius 1 is 1.53 bits per heavy atom. The van der Waals surface area contributed by atoms with Gasteiger partial charge in [-0.25, -0.2) is 4.79 Å². The van der Waals surface area contributed by atoms with Crippen LogP contribution in [0.15, 0.2) is 22.4 Å². The molecule has 0 aliphatic rings. The zero-order valence-corrected chi connectivity index (χ0v) is 9.75. The van der Waals surface area contributed by atoms with E-state index in [1.165, 1.54) is 12.1 Å². The number of fused-ring (bicyclic) bond motifs is 1. The van der Waals surface area contributed by atoms with Crippen molar-refractivity contribution in [1.82, 2.24) is 4.98 Å². The van der Waals surface area contributed by atoms with Crippen LogP contribution in [0.3, 0.4) is 0 Å². The van der Waals surface area contributed by atoms with Crippen molar-refractivity contribution in [3.8, 4) is 5.88 Å². The molecule has 2 aromatic rings. The van der Waals surface area contributed by atoms with E-state index in [-0.39, 0.29) is 22.6 Å². The molecular weight excluding hydrogens is 254 g/mol. The van der Waals surface area contributed by atoms with E-state index in [0.29, 0.717) is 11.1 Å². The van der Waals surface area contributed by atoms with Crippen LogP contribution in [0.2, 0.25) is 0 Å². The first-order valence-electron chi connectivity index (χ1n) is 5.11. The monoisotopic (exact) mass is 263 g/mol. The van der Waals surface area contributed by atoms with Gasteiger partial charge in [0, 0.05) is 17.5 Å². The SMILES string of the molecule is Cc1cc([N+](=O)[O-])cc2c(N=NC(N)=O)c(O)[nH]c12. The Labute approximate surface area is 105 Å². The number of hydrogen-bond acceptors (Lipinski definition) is 5. The van der Waals surface area contributed by atoms with E-state index in [9.17, 15) is 20.0 Å². The molecule has 0 unspecified atom stereocenters. The Kier molecular flexibility index (Phi) is 2.87. The predicted molar refractivity (Wildman–Crippen MR) is 65.5 cm³/mol. The maximum atomic E-state index is 10.8. The van der Waals surface area contributed by atoms with Gasteiger partial charge < -0.3 is 15.8 Å². The van der Waals surface area contributed by atoms with Crippen LogP contribution < -0.4 is 5.73 Å². The fourth-order valence-electron chi connectivity index (χ4n) is 1.73. The highest BCUT2D eigenvalue weighted by molar-refractivity contribution is 5.97. The maximum Gasteiger partial charge on any atom is 0.356 e. The number of carbonyl (C=O) groups excluding carboxylic acids is 1. The van der Waals surface area contributed by atoms with E-state index in [2.05, 4.69) is 15.2 Å². The molecule has 19 heavy (non-hydrogen) atoms. The third kappa shape index (κ3) is 2.20. The first-order valence-corrected chi connectivity index (χ1v) is 5.11. The largest absolute Gasteiger partial charge is 0.493 e. The van der Waals surface area contributed by atoms with Gasteiger partial charge >= 0.3 is 6.03 Å². The zero-order chi connectivity index (χ0) is 14.2. The van der Waals surface area contributed by atoms with Gasteiger partial charge in [0.1, 0.15) is 0 Å². The van der Waals surface area contributed by atoms with E-state index < -0.39 is 11.0 Å². The van der Waals surface area contributed by atoms with Crippen LogP contribution in [0.25, 0.3) is 10.9 Å². The topological polar surface area (TPSA) is 147 Å². The number of H-pyrrole nitrogens is 1. The smallest absolute Gasteiger partial charge is 0.356 e. The summed E-state index contributed by atoms with van der Waals surface area (Å²) < 4.78 is 0. The number of rotatable bonds is 2. The number of urea groups is 1. The van der Waals surface area contributed by atoms with Gasteiger partial charge in [-0.2, -0.15) is 0 Å². The average molecular weight is 263 g/mol. The summed E-state index contributed by atoms with van der Waals surface area (Å²) >= 11 is 0. The number of nitrogens with zero attached hydrogens (tertiary/aromatic N) is 3. The van der Waals surface area contributed by atoms with Crippen molar-refractivity contribution in [2.24, 2.45) is 16.0 Å². The first kappa shape index (κ1) is 12.5. The zero-order valence-electron chi connectivity index (χ0n) is 9.75. The maximum absolute atomic E-state index is 10.8. The molecule has 1 heterocycles. The minimum Gasteiger partial charge on any atom is -0.493 e. The molecule has 0 fully saturated rings. The number of aromatic amines is 1. The van der Waals surface area contributed by atoms with Crippen molar-refractivity contribution in [3.05, 3.63) is 27.8 Å². The molecule has 1 aromatic heterocycles. The van der Waals surface area contributed by atoms with E-state index in [1.807, 2.05) is 0 Å². The van der Waals surface area contributed by atoms with Crippen molar-refractivity contribution in [2.75, 3.05) is 0 Å². The Hall–Kier alpha value is -2.97. The van der Waals surface area contributed by atoms with Gasteiger partial charge in [0.25, 0.3) is 5.69 Å². The minimum absolute atomic E-state index is 0.0689. The number of carbonyl (C=O) groups is 1. The number of nitrogens with one attached hydrogen (secondary N) is 1. The van der Waals surface area contributed by atoms with Gasteiger partial charge in [0.05, 0.1) is 10.4 Å². The summed E-state index contributed by atoms with van der Waals surface area (Å²) in [5.74, 6) is -0.344. The number of nitro groups is 1. The van der Waals surface area contributed by atoms with Crippen LogP contribution in [-0.4, -0.2) is 21.0 Å². The summed E-state index contributed by atoms with van der Waals surface area (Å²) in [6, 6.07) is 1.55. The van der Waals surface area contributed by atoms with Crippen molar-refractivity contribution in [2.45, 2.75) is 6.92 Å². The van der Waals surface area contributed by atoms with Crippen LogP contribution in [0, 0.1) is 17.0 Å². The number of benzene rings is 1. The van der Waals surface area contributed by atoms with Crippen LogP contribution in [-0.2, 0) is 0 Å². The molecule has 4 N–H and O–H groups in total. The van der Waals surface area contributed by atoms with Gasteiger partial charge in [0.2, 0.25) is 5.88 Å². The number of primary amides is 1. The number of aromatic nitrogens is 1. The lowest BCUT2D eigenvalue weighted by atomic mass is 10.1. The number of amides is 2. The Balaban J connectivity index is 2.73. The van der Waals surface area contributed by atoms with E-state index in [4.69, 9.17) is 5.73 Å². The highest BCUT2D eigenvalue weighted by atomic mass is 16.6. The number of hydrogen-bond donors (Lipinski definition) is 3. The highest BCUT2D eigenvalue weighted by Gasteiger charge is 2.17. The molecule has 0 aliphatic heterocycles. The molecule has 1 aromatic carbocycles. The number of aromatic hydroxyl groups is 1. The Morgan fingerprint density at radius 3 is 2.79 bits per heavy atom. The van der Waals surface area contributed by atoms with Crippen molar-refractivity contribution in [1.29, 1.82) is 0 Å². The molecule has 2 rings (SSSR count). The van der Waals surface area contributed by atoms with Gasteiger partial charge in [-0.05, 0) is 12.5 Å². The highest BCUT2D eigenvalue weighted by Crippen LogP contribution is 2.38. The summed E-state index contributed by atoms with van der Waals surface area (Å²) in [6.45, 7) is 1.64. The second-order valence-corrected chi connectivity index (χ2v) is 3.80. The summed E-state index contributed by atoms with van der Waals surface area (Å²) in [7, 11) is 0. The molecule has 0 atom stereocenters. The number of nitrogens with two attached hydrogens (primary N) is 1. The molecule has 98 valence electrons. The average Bonchev–Trinajstić information content (AvgIpc) is 2.63. The van der Waals surface area contributed by atoms with E-state index >= 15 is 0 Å². The lowest BCUT2D eigenvalue weighted by molar-refractivity contribution is -0.384. The minimum atomic E-state index is -1.03. The summed E-state index contributed by atoms with van der Waals surface area (Å²) in [6.07, 6.45) is 0. The van der Waals surface area contributed by atoms with Crippen LogP contribution in [0.5, 0.6) is 5.88 Å². The van der Waals surface area contributed by atoms with E-state index in [1.54, 1.807) is 6.92 Å². The third-order valence-corrected chi connectivity index (χ3v) is 2.50. The second kappa shape index (κ2) is 4.37. The summed E-state index contributed by atoms with van der Waals surface area (Å²) in [5.41, 5.74) is 5.62. The lowest BCUT2D eigenvalue weighted by Crippen LogP contribution is -2.01. The molecule has 9 heteroatoms. The molecule has 0 saturated heterocycles. The third-order valence-electron chi connectivity index (χ3n) is 2.50. The Bertz CT molecular complexity index is 718. The summed E-state index contributed by atoms with van der Waals surface area (Å²) in [5, 5.41) is 27.3. The lowest BCUT2D eigenvalue weighted by Gasteiger charge is -1.97. The quantitative estimate of drug-likeness (QED) is 0.433. The number of aryl methyl sites for hydroxylation is 1. The normalized spacial score (nSPS) is 11.2. The van der Waals surface area contributed by atoms with Crippen molar-refractivity contribution >= 4 is 28.3 Å². The molecule has 0 saturated carbocycles. The first-order chi connectivity index (χ1) is 8.90. The van der Waals surface area contributed by atoms with Crippen LogP contribution in [0.4, 0.5) is 16.2 Å². The second-order valence-electron chi connectivity index (χ2n) is 3.80.